The molecule has 0 amide bonds. The number of rotatable bonds is 3. The Balaban J connectivity index is 1.32. The zero-order valence-corrected chi connectivity index (χ0v) is 22.5. The molecule has 4 aromatic heterocycles. The van der Waals surface area contributed by atoms with Gasteiger partial charge in [0, 0.05) is 33.7 Å². The van der Waals surface area contributed by atoms with Crippen LogP contribution in [0.5, 0.6) is 0 Å². The van der Waals surface area contributed by atoms with Crippen molar-refractivity contribution in [3.05, 3.63) is 140 Å². The van der Waals surface area contributed by atoms with E-state index in [1.54, 1.807) is 0 Å². The van der Waals surface area contributed by atoms with Gasteiger partial charge in [-0.05, 0) is 71.8 Å². The second-order valence-corrected chi connectivity index (χ2v) is 10.6. The lowest BCUT2D eigenvalue weighted by Gasteiger charge is -2.09. The molecule has 42 heavy (non-hydrogen) atoms. The topological polar surface area (TPSA) is 48.5 Å². The van der Waals surface area contributed by atoms with Crippen LogP contribution in [0.2, 0.25) is 0 Å². The molecule has 0 unspecified atom stereocenters. The number of pyridine rings is 1. The highest BCUT2D eigenvalue weighted by atomic mass is 15.1. The molecule has 9 aromatic rings. The van der Waals surface area contributed by atoms with Gasteiger partial charge >= 0.3 is 0 Å². The van der Waals surface area contributed by atoms with E-state index in [4.69, 9.17) is 9.97 Å². The summed E-state index contributed by atoms with van der Waals surface area (Å²) in [6, 6.07) is 44.5. The summed E-state index contributed by atoms with van der Waals surface area (Å²) >= 11 is 0. The molecule has 0 atom stereocenters. The fourth-order valence-corrected chi connectivity index (χ4v) is 6.28. The van der Waals surface area contributed by atoms with Gasteiger partial charge in [0.15, 0.2) is 5.65 Å². The van der Waals surface area contributed by atoms with E-state index in [1.807, 2.05) is 48.8 Å². The molecule has 0 aliphatic carbocycles. The average Bonchev–Trinajstić information content (AvgIpc) is 3.56. The largest absolute Gasteiger partial charge is 0.308 e. The molecule has 0 saturated heterocycles. The lowest BCUT2D eigenvalue weighted by atomic mass is 10.0. The number of aromatic nitrogens is 5. The van der Waals surface area contributed by atoms with Crippen molar-refractivity contribution in [2.75, 3.05) is 0 Å². The molecule has 5 aromatic carbocycles. The minimum absolute atomic E-state index is 0.860. The molecule has 0 saturated carbocycles. The molecule has 0 N–H and O–H groups in total. The lowest BCUT2D eigenvalue weighted by molar-refractivity contribution is 1.14. The van der Waals surface area contributed by atoms with Gasteiger partial charge in [-0.2, -0.15) is 0 Å². The molecule has 0 aliphatic heterocycles. The molecule has 0 bridgehead atoms. The zero-order chi connectivity index (χ0) is 27.6. The van der Waals surface area contributed by atoms with Crippen LogP contribution in [0.3, 0.4) is 0 Å². The summed E-state index contributed by atoms with van der Waals surface area (Å²) in [6.07, 6.45) is 3.82. The highest BCUT2D eigenvalue weighted by Crippen LogP contribution is 2.37. The Bertz CT molecular complexity index is 2450. The maximum absolute atomic E-state index is 5.12. The van der Waals surface area contributed by atoms with E-state index < -0.39 is 0 Å². The van der Waals surface area contributed by atoms with Gasteiger partial charge in [0.2, 0.25) is 0 Å². The average molecular weight is 538 g/mol. The zero-order valence-electron chi connectivity index (χ0n) is 22.5. The van der Waals surface area contributed by atoms with Gasteiger partial charge in [0.25, 0.3) is 0 Å². The van der Waals surface area contributed by atoms with E-state index in [1.165, 1.54) is 10.8 Å². The maximum Gasteiger partial charge on any atom is 0.165 e. The number of nitrogens with zero attached hydrogens (tertiary/aromatic N) is 5. The summed E-state index contributed by atoms with van der Waals surface area (Å²) in [7, 11) is 0. The van der Waals surface area contributed by atoms with Crippen LogP contribution in [0.1, 0.15) is 0 Å². The van der Waals surface area contributed by atoms with E-state index in [0.29, 0.717) is 0 Å². The summed E-state index contributed by atoms with van der Waals surface area (Å²) < 4.78 is 4.52. The number of hydrogen-bond donors (Lipinski definition) is 0. The second kappa shape index (κ2) is 8.85. The number of hydrogen-bond acceptors (Lipinski definition) is 3. The van der Waals surface area contributed by atoms with Gasteiger partial charge in [-0.1, -0.05) is 66.7 Å². The third-order valence-electron chi connectivity index (χ3n) is 8.19. The number of benzene rings is 5. The molecule has 5 heteroatoms. The molecule has 0 spiro atoms. The van der Waals surface area contributed by atoms with E-state index in [-0.39, 0.29) is 0 Å². The predicted octanol–water partition coefficient (Wildman–Crippen LogP) is 8.89. The molecule has 9 rings (SSSR count). The molecule has 0 fully saturated rings. The van der Waals surface area contributed by atoms with Crippen LogP contribution in [0.15, 0.2) is 140 Å². The van der Waals surface area contributed by atoms with E-state index in [2.05, 4.69) is 105 Å². The first kappa shape index (κ1) is 22.9. The van der Waals surface area contributed by atoms with Gasteiger partial charge in [-0.15, -0.1) is 0 Å². The molecule has 4 heterocycles. The minimum Gasteiger partial charge on any atom is -0.308 e. The first-order valence-electron chi connectivity index (χ1n) is 14.0. The van der Waals surface area contributed by atoms with Crippen molar-refractivity contribution in [3.8, 4) is 22.5 Å². The maximum atomic E-state index is 5.12. The predicted molar refractivity (Wildman–Crippen MR) is 171 cm³/mol. The second-order valence-electron chi connectivity index (χ2n) is 10.6. The normalized spacial score (nSPS) is 11.8. The third kappa shape index (κ3) is 3.34. The fourth-order valence-electron chi connectivity index (χ4n) is 6.28. The Hall–Kier alpha value is -5.81. The summed E-state index contributed by atoms with van der Waals surface area (Å²) in [4.78, 5) is 14.7. The van der Waals surface area contributed by atoms with Crippen LogP contribution >= 0.6 is 0 Å². The van der Waals surface area contributed by atoms with E-state index in [0.717, 1.165) is 66.6 Å². The molecular weight excluding hydrogens is 514 g/mol. The molecule has 0 aliphatic rings. The summed E-state index contributed by atoms with van der Waals surface area (Å²) in [5, 5.41) is 3.48. The van der Waals surface area contributed by atoms with Crippen LogP contribution in [0, 0.1) is 0 Å². The van der Waals surface area contributed by atoms with Crippen molar-refractivity contribution in [2.24, 2.45) is 0 Å². The fraction of sp³-hybridized carbons (Fsp3) is 0. The summed E-state index contributed by atoms with van der Waals surface area (Å²) in [6.45, 7) is 0. The number of fused-ring (bicyclic) bond motifs is 7. The van der Waals surface area contributed by atoms with Crippen molar-refractivity contribution in [1.82, 2.24) is 24.1 Å². The Labute approximate surface area is 241 Å². The van der Waals surface area contributed by atoms with Crippen LogP contribution in [0.25, 0.3) is 77.4 Å². The Morgan fingerprint density at radius 1 is 0.452 bits per heavy atom. The van der Waals surface area contributed by atoms with Crippen LogP contribution in [-0.2, 0) is 0 Å². The third-order valence-corrected chi connectivity index (χ3v) is 8.19. The van der Waals surface area contributed by atoms with Crippen molar-refractivity contribution in [3.63, 3.8) is 0 Å². The first-order valence-corrected chi connectivity index (χ1v) is 14.0. The monoisotopic (exact) mass is 537 g/mol. The highest BCUT2D eigenvalue weighted by molar-refractivity contribution is 6.11. The summed E-state index contributed by atoms with van der Waals surface area (Å²) in [5.41, 5.74) is 11.3. The molecule has 5 nitrogen and oxygen atoms in total. The lowest BCUT2D eigenvalue weighted by Crippen LogP contribution is -1.96. The van der Waals surface area contributed by atoms with Gasteiger partial charge in [0.1, 0.15) is 5.52 Å². The molecular formula is C37H23N5. The van der Waals surface area contributed by atoms with E-state index in [9.17, 15) is 0 Å². The van der Waals surface area contributed by atoms with Crippen LogP contribution in [0.4, 0.5) is 0 Å². The van der Waals surface area contributed by atoms with Gasteiger partial charge < -0.3 is 4.57 Å². The van der Waals surface area contributed by atoms with Crippen molar-refractivity contribution in [2.45, 2.75) is 0 Å². The molecule has 0 radical (unpaired) electrons. The van der Waals surface area contributed by atoms with Crippen LogP contribution in [-0.4, -0.2) is 24.1 Å². The van der Waals surface area contributed by atoms with Crippen molar-refractivity contribution < 1.29 is 0 Å². The Morgan fingerprint density at radius 3 is 1.88 bits per heavy atom. The molecule has 196 valence electrons. The SMILES string of the molecule is c1ccc(-n2c3cnccc3c3ccc(-c4ccc5c(c4)c4nc6ccccc6nc4n5-c4ccccc4)cc32)cc1. The standard InChI is InChI=1S/C37H23N5/c1-3-9-26(10-4-1)41-34-22-25(15-17-28(34)29-19-20-38-23-35(29)41)24-16-18-33-30(21-24)36-37(42(33)27-11-5-2-6-12-27)40-32-14-8-7-13-31(32)39-36/h1-23H. The van der Waals surface area contributed by atoms with Gasteiger partial charge in [-0.25, -0.2) is 9.97 Å². The highest BCUT2D eigenvalue weighted by Gasteiger charge is 2.18. The Kier molecular flexibility index (Phi) is 4.83. The Morgan fingerprint density at radius 2 is 1.10 bits per heavy atom. The number of para-hydroxylation sites is 4. The van der Waals surface area contributed by atoms with Crippen molar-refractivity contribution in [1.29, 1.82) is 0 Å². The van der Waals surface area contributed by atoms with E-state index >= 15 is 0 Å². The quantitative estimate of drug-likeness (QED) is 0.226. The summed E-state index contributed by atoms with van der Waals surface area (Å²) in [5.74, 6) is 0. The van der Waals surface area contributed by atoms with Gasteiger partial charge in [-0.3, -0.25) is 9.55 Å². The smallest absolute Gasteiger partial charge is 0.165 e. The van der Waals surface area contributed by atoms with Gasteiger partial charge in [0.05, 0.1) is 33.8 Å². The van der Waals surface area contributed by atoms with Crippen molar-refractivity contribution >= 4 is 54.9 Å². The minimum atomic E-state index is 0.860. The first-order chi connectivity index (χ1) is 20.8. The van der Waals surface area contributed by atoms with Crippen LogP contribution < -0.4 is 0 Å².